The molecular weight excluding hydrogens is 290 g/mol. The summed E-state index contributed by atoms with van der Waals surface area (Å²) in [6.07, 6.45) is 3.01. The summed E-state index contributed by atoms with van der Waals surface area (Å²) < 4.78 is 0. The van der Waals surface area contributed by atoms with Crippen LogP contribution in [0.4, 0.5) is 4.79 Å². The first kappa shape index (κ1) is 15.8. The standard InChI is InChI=1S/C18H25N3O2/c1-3-19-18(23)21-15-10-9-14(11-15)16(21)17(22)20-12(2)13-7-5-4-6-8-13/h4-8,12,14-16H,3,9-11H2,1-2H3,(H,19,23)(H,20,22). The van der Waals surface area contributed by atoms with E-state index in [0.717, 1.165) is 24.8 Å². The highest BCUT2D eigenvalue weighted by molar-refractivity contribution is 5.88. The van der Waals surface area contributed by atoms with Crippen LogP contribution < -0.4 is 10.6 Å². The molecule has 2 N–H and O–H groups in total. The number of rotatable bonds is 4. The summed E-state index contributed by atoms with van der Waals surface area (Å²) >= 11 is 0. The molecule has 2 fully saturated rings. The molecule has 3 rings (SSSR count). The van der Waals surface area contributed by atoms with Gasteiger partial charge in [0.1, 0.15) is 6.04 Å². The van der Waals surface area contributed by atoms with Gasteiger partial charge in [-0.15, -0.1) is 0 Å². The molecule has 2 aliphatic rings. The van der Waals surface area contributed by atoms with Crippen LogP contribution in [0.2, 0.25) is 0 Å². The van der Waals surface area contributed by atoms with Crippen molar-refractivity contribution in [3.63, 3.8) is 0 Å². The Morgan fingerprint density at radius 3 is 2.70 bits per heavy atom. The van der Waals surface area contributed by atoms with Gasteiger partial charge in [0.15, 0.2) is 0 Å². The fraction of sp³-hybridized carbons (Fsp3) is 0.556. The number of urea groups is 1. The van der Waals surface area contributed by atoms with Gasteiger partial charge >= 0.3 is 6.03 Å². The third-order valence-electron chi connectivity index (χ3n) is 5.07. The van der Waals surface area contributed by atoms with Gasteiger partial charge in [0.2, 0.25) is 5.91 Å². The van der Waals surface area contributed by atoms with E-state index in [1.54, 1.807) is 4.90 Å². The maximum Gasteiger partial charge on any atom is 0.318 e. The van der Waals surface area contributed by atoms with Crippen molar-refractivity contribution in [2.45, 2.75) is 51.2 Å². The Bertz CT molecular complexity index is 575. The Labute approximate surface area is 137 Å². The lowest BCUT2D eigenvalue weighted by Crippen LogP contribution is -2.55. The third-order valence-corrected chi connectivity index (χ3v) is 5.07. The molecule has 124 valence electrons. The minimum Gasteiger partial charge on any atom is -0.348 e. The van der Waals surface area contributed by atoms with E-state index >= 15 is 0 Å². The third kappa shape index (κ3) is 3.05. The summed E-state index contributed by atoms with van der Waals surface area (Å²) in [5, 5.41) is 5.94. The van der Waals surface area contributed by atoms with E-state index < -0.39 is 0 Å². The summed E-state index contributed by atoms with van der Waals surface area (Å²) in [6.45, 7) is 4.47. The number of piperidine rings is 1. The SMILES string of the molecule is CCNC(=O)N1C2CCC(C2)C1C(=O)NC(C)c1ccccc1. The zero-order chi connectivity index (χ0) is 16.4. The van der Waals surface area contributed by atoms with Gasteiger partial charge in [-0.2, -0.15) is 0 Å². The van der Waals surface area contributed by atoms with Gasteiger partial charge < -0.3 is 15.5 Å². The largest absolute Gasteiger partial charge is 0.348 e. The Hall–Kier alpha value is -2.04. The smallest absolute Gasteiger partial charge is 0.318 e. The number of hydrogen-bond donors (Lipinski definition) is 2. The number of nitrogens with zero attached hydrogens (tertiary/aromatic N) is 1. The van der Waals surface area contributed by atoms with Crippen molar-refractivity contribution >= 4 is 11.9 Å². The van der Waals surface area contributed by atoms with E-state index in [9.17, 15) is 9.59 Å². The second kappa shape index (κ2) is 6.60. The molecule has 1 aliphatic carbocycles. The molecule has 23 heavy (non-hydrogen) atoms. The van der Waals surface area contributed by atoms with Crippen LogP contribution in [0.1, 0.15) is 44.7 Å². The lowest BCUT2D eigenvalue weighted by Gasteiger charge is -2.35. The average Bonchev–Trinajstić information content (AvgIpc) is 3.16. The first-order valence-electron chi connectivity index (χ1n) is 8.53. The Balaban J connectivity index is 1.71. The Kier molecular flexibility index (Phi) is 4.55. The number of benzene rings is 1. The number of fused-ring (bicyclic) bond motifs is 2. The topological polar surface area (TPSA) is 61.4 Å². The quantitative estimate of drug-likeness (QED) is 0.896. The monoisotopic (exact) mass is 315 g/mol. The number of likely N-dealkylation sites (tertiary alicyclic amines) is 1. The van der Waals surface area contributed by atoms with Crippen molar-refractivity contribution in [3.05, 3.63) is 35.9 Å². The molecule has 1 aromatic carbocycles. The minimum atomic E-state index is -0.327. The first-order chi connectivity index (χ1) is 11.1. The number of carbonyl (C=O) groups is 2. The number of amides is 3. The van der Waals surface area contributed by atoms with E-state index in [1.165, 1.54) is 0 Å². The lowest BCUT2D eigenvalue weighted by atomic mass is 9.97. The molecule has 0 radical (unpaired) electrons. The van der Waals surface area contributed by atoms with Crippen LogP contribution in [-0.2, 0) is 4.79 Å². The highest BCUT2D eigenvalue weighted by Crippen LogP contribution is 2.42. The summed E-state index contributed by atoms with van der Waals surface area (Å²) in [6, 6.07) is 9.64. The maximum atomic E-state index is 12.8. The second-order valence-electron chi connectivity index (χ2n) is 6.56. The van der Waals surface area contributed by atoms with Crippen molar-refractivity contribution < 1.29 is 9.59 Å². The van der Waals surface area contributed by atoms with Crippen molar-refractivity contribution in [1.82, 2.24) is 15.5 Å². The van der Waals surface area contributed by atoms with E-state index in [1.807, 2.05) is 44.2 Å². The van der Waals surface area contributed by atoms with E-state index in [-0.39, 0.29) is 30.1 Å². The van der Waals surface area contributed by atoms with Crippen LogP contribution in [0, 0.1) is 5.92 Å². The summed E-state index contributed by atoms with van der Waals surface area (Å²) in [5.74, 6) is 0.269. The number of nitrogens with one attached hydrogen (secondary N) is 2. The summed E-state index contributed by atoms with van der Waals surface area (Å²) in [7, 11) is 0. The molecule has 1 aromatic rings. The molecule has 1 saturated carbocycles. The van der Waals surface area contributed by atoms with Crippen molar-refractivity contribution in [2.24, 2.45) is 5.92 Å². The molecule has 0 aromatic heterocycles. The van der Waals surface area contributed by atoms with Crippen molar-refractivity contribution in [3.8, 4) is 0 Å². The van der Waals surface area contributed by atoms with E-state index in [4.69, 9.17) is 0 Å². The van der Waals surface area contributed by atoms with Gasteiger partial charge in [0, 0.05) is 12.6 Å². The van der Waals surface area contributed by atoms with E-state index in [2.05, 4.69) is 10.6 Å². The van der Waals surface area contributed by atoms with Crippen LogP contribution >= 0.6 is 0 Å². The van der Waals surface area contributed by atoms with Crippen LogP contribution in [-0.4, -0.2) is 35.5 Å². The minimum absolute atomic E-state index is 0.0280. The van der Waals surface area contributed by atoms with Gasteiger partial charge in [0.25, 0.3) is 0 Å². The predicted octanol–water partition coefficient (Wildman–Crippen LogP) is 2.45. The van der Waals surface area contributed by atoms with Gasteiger partial charge in [-0.3, -0.25) is 4.79 Å². The number of hydrogen-bond acceptors (Lipinski definition) is 2. The first-order valence-corrected chi connectivity index (χ1v) is 8.53. The van der Waals surface area contributed by atoms with Gasteiger partial charge in [-0.05, 0) is 44.6 Å². The molecular formula is C18H25N3O2. The molecule has 5 nitrogen and oxygen atoms in total. The summed E-state index contributed by atoms with van der Waals surface area (Å²) in [5.41, 5.74) is 1.08. The molecule has 3 amide bonds. The lowest BCUT2D eigenvalue weighted by molar-refractivity contribution is -0.127. The molecule has 4 atom stereocenters. The fourth-order valence-corrected chi connectivity index (χ4v) is 3.98. The van der Waals surface area contributed by atoms with Gasteiger partial charge in [-0.25, -0.2) is 4.79 Å². The molecule has 0 spiro atoms. The van der Waals surface area contributed by atoms with Crippen LogP contribution in [0.3, 0.4) is 0 Å². The van der Waals surface area contributed by atoms with Crippen molar-refractivity contribution in [1.29, 1.82) is 0 Å². The van der Waals surface area contributed by atoms with Gasteiger partial charge in [0.05, 0.1) is 6.04 Å². The number of carbonyl (C=O) groups excluding carboxylic acids is 2. The molecule has 5 heteroatoms. The zero-order valence-electron chi connectivity index (χ0n) is 13.8. The zero-order valence-corrected chi connectivity index (χ0v) is 13.8. The Morgan fingerprint density at radius 1 is 1.26 bits per heavy atom. The Morgan fingerprint density at radius 2 is 2.00 bits per heavy atom. The average molecular weight is 315 g/mol. The van der Waals surface area contributed by atoms with Gasteiger partial charge in [-0.1, -0.05) is 30.3 Å². The second-order valence-corrected chi connectivity index (χ2v) is 6.56. The normalized spacial score (nSPS) is 26.9. The van der Waals surface area contributed by atoms with Crippen LogP contribution in [0.15, 0.2) is 30.3 Å². The van der Waals surface area contributed by atoms with Crippen molar-refractivity contribution in [2.75, 3.05) is 6.54 Å². The highest BCUT2D eigenvalue weighted by Gasteiger charge is 2.51. The summed E-state index contributed by atoms with van der Waals surface area (Å²) in [4.78, 5) is 26.9. The molecule has 4 unspecified atom stereocenters. The molecule has 1 aliphatic heterocycles. The molecule has 1 saturated heterocycles. The molecule has 1 heterocycles. The van der Waals surface area contributed by atoms with E-state index in [0.29, 0.717) is 12.5 Å². The maximum absolute atomic E-state index is 12.8. The van der Waals surface area contributed by atoms with Crippen LogP contribution in [0.5, 0.6) is 0 Å². The predicted molar refractivity (Wildman–Crippen MR) is 88.8 cm³/mol. The molecule has 2 bridgehead atoms. The van der Waals surface area contributed by atoms with Crippen LogP contribution in [0.25, 0.3) is 0 Å². The highest BCUT2D eigenvalue weighted by atomic mass is 16.2. The fourth-order valence-electron chi connectivity index (χ4n) is 3.98.